The van der Waals surface area contributed by atoms with Crippen molar-refractivity contribution in [3.63, 3.8) is 0 Å². The Morgan fingerprint density at radius 1 is 0.969 bits per heavy atom. The molecular formula is C26H26N4OS. The second-order valence-corrected chi connectivity index (χ2v) is 9.04. The van der Waals surface area contributed by atoms with Crippen LogP contribution in [-0.4, -0.2) is 51.9 Å². The van der Waals surface area contributed by atoms with Gasteiger partial charge < -0.3 is 4.90 Å². The molecule has 2 aromatic carbocycles. The van der Waals surface area contributed by atoms with E-state index in [0.29, 0.717) is 0 Å². The number of carbonyl (C=O) groups excluding carboxylic acids is 1. The highest BCUT2D eigenvalue weighted by Gasteiger charge is 2.24. The molecule has 0 saturated carbocycles. The lowest BCUT2D eigenvalue weighted by atomic mass is 10.0. The van der Waals surface area contributed by atoms with Crippen molar-refractivity contribution in [2.75, 3.05) is 26.2 Å². The second kappa shape index (κ2) is 9.18. The predicted octanol–water partition coefficient (Wildman–Crippen LogP) is 4.88. The van der Waals surface area contributed by atoms with E-state index in [2.05, 4.69) is 22.2 Å². The maximum Gasteiger partial charge on any atom is 0.254 e. The molecule has 0 radical (unpaired) electrons. The number of para-hydroxylation sites is 1. The van der Waals surface area contributed by atoms with Gasteiger partial charge in [0.05, 0.1) is 27.5 Å². The van der Waals surface area contributed by atoms with Crippen molar-refractivity contribution in [2.45, 2.75) is 19.9 Å². The first-order valence-corrected chi connectivity index (χ1v) is 12.0. The Bertz CT molecular complexity index is 1230. The van der Waals surface area contributed by atoms with Crippen molar-refractivity contribution in [3.8, 4) is 11.3 Å². The highest BCUT2D eigenvalue weighted by molar-refractivity contribution is 7.09. The molecule has 3 heterocycles. The fraction of sp³-hybridized carbons (Fsp3) is 0.269. The fourth-order valence-corrected chi connectivity index (χ4v) is 4.94. The molecule has 32 heavy (non-hydrogen) atoms. The number of fused-ring (bicyclic) bond motifs is 1. The van der Waals surface area contributed by atoms with Crippen molar-refractivity contribution < 1.29 is 4.79 Å². The molecule has 0 spiro atoms. The summed E-state index contributed by atoms with van der Waals surface area (Å²) in [5.74, 6) is 0.0855. The highest BCUT2D eigenvalue weighted by atomic mass is 32.1. The van der Waals surface area contributed by atoms with Crippen LogP contribution in [0.15, 0.2) is 66.0 Å². The lowest BCUT2D eigenvalue weighted by Gasteiger charge is -2.34. The van der Waals surface area contributed by atoms with E-state index >= 15 is 0 Å². The van der Waals surface area contributed by atoms with Gasteiger partial charge in [0.25, 0.3) is 5.91 Å². The third-order valence-corrected chi connectivity index (χ3v) is 7.00. The quantitative estimate of drug-likeness (QED) is 0.442. The molecule has 0 N–H and O–H groups in total. The van der Waals surface area contributed by atoms with E-state index in [1.54, 1.807) is 11.3 Å². The summed E-state index contributed by atoms with van der Waals surface area (Å²) in [4.78, 5) is 27.4. The van der Waals surface area contributed by atoms with Gasteiger partial charge in [0.15, 0.2) is 0 Å². The first-order chi connectivity index (χ1) is 15.7. The van der Waals surface area contributed by atoms with Crippen LogP contribution >= 0.6 is 11.3 Å². The Morgan fingerprint density at radius 3 is 2.47 bits per heavy atom. The lowest BCUT2D eigenvalue weighted by Crippen LogP contribution is -2.48. The Hall–Kier alpha value is -3.09. The Labute approximate surface area is 192 Å². The zero-order chi connectivity index (χ0) is 21.9. The highest BCUT2D eigenvalue weighted by Crippen LogP contribution is 2.26. The molecule has 0 atom stereocenters. The molecule has 2 aromatic heterocycles. The first-order valence-electron chi connectivity index (χ1n) is 11.1. The number of benzene rings is 2. The Balaban J connectivity index is 1.36. The Kier molecular flexibility index (Phi) is 5.97. The predicted molar refractivity (Wildman–Crippen MR) is 130 cm³/mol. The summed E-state index contributed by atoms with van der Waals surface area (Å²) in [7, 11) is 0. The summed E-state index contributed by atoms with van der Waals surface area (Å²) in [6.07, 6.45) is 0.984. The number of carbonyl (C=O) groups is 1. The number of nitrogens with zero attached hydrogens (tertiary/aromatic N) is 4. The van der Waals surface area contributed by atoms with E-state index < -0.39 is 0 Å². The molecular weight excluding hydrogens is 416 g/mol. The molecule has 5 rings (SSSR count). The molecule has 1 aliphatic heterocycles. The van der Waals surface area contributed by atoms with Crippen LogP contribution in [0.25, 0.3) is 22.2 Å². The van der Waals surface area contributed by atoms with Gasteiger partial charge >= 0.3 is 0 Å². The third-order valence-electron chi connectivity index (χ3n) is 5.96. The van der Waals surface area contributed by atoms with Crippen LogP contribution in [0.2, 0.25) is 0 Å². The SMILES string of the molecule is CCc1nc(CN2CCN(C(=O)c3cc(-c4ccccc4)nc4ccccc34)CC2)cs1. The van der Waals surface area contributed by atoms with Crippen LogP contribution in [0.1, 0.15) is 28.0 Å². The number of hydrogen-bond donors (Lipinski definition) is 0. The Morgan fingerprint density at radius 2 is 1.72 bits per heavy atom. The molecule has 5 nitrogen and oxygen atoms in total. The van der Waals surface area contributed by atoms with Crippen LogP contribution in [0.5, 0.6) is 0 Å². The van der Waals surface area contributed by atoms with Crippen molar-refractivity contribution in [1.29, 1.82) is 0 Å². The van der Waals surface area contributed by atoms with Crippen molar-refractivity contribution in [3.05, 3.63) is 82.3 Å². The second-order valence-electron chi connectivity index (χ2n) is 8.09. The largest absolute Gasteiger partial charge is 0.336 e. The van der Waals surface area contributed by atoms with E-state index in [0.717, 1.165) is 72.6 Å². The summed E-state index contributed by atoms with van der Waals surface area (Å²) < 4.78 is 0. The zero-order valence-electron chi connectivity index (χ0n) is 18.2. The zero-order valence-corrected chi connectivity index (χ0v) is 19.0. The average Bonchev–Trinajstić information content (AvgIpc) is 3.31. The number of pyridine rings is 1. The van der Waals surface area contributed by atoms with E-state index in [1.165, 1.54) is 5.01 Å². The molecule has 162 valence electrons. The van der Waals surface area contributed by atoms with E-state index in [4.69, 9.17) is 4.98 Å². The van der Waals surface area contributed by atoms with E-state index in [9.17, 15) is 4.79 Å². The van der Waals surface area contributed by atoms with Gasteiger partial charge in [-0.1, -0.05) is 55.5 Å². The maximum absolute atomic E-state index is 13.6. The number of aryl methyl sites for hydroxylation is 1. The van der Waals surface area contributed by atoms with Crippen LogP contribution in [-0.2, 0) is 13.0 Å². The number of piperazine rings is 1. The van der Waals surface area contributed by atoms with Crippen LogP contribution < -0.4 is 0 Å². The van der Waals surface area contributed by atoms with Crippen molar-refractivity contribution in [1.82, 2.24) is 19.8 Å². The lowest BCUT2D eigenvalue weighted by molar-refractivity contribution is 0.0629. The number of thiazole rings is 1. The summed E-state index contributed by atoms with van der Waals surface area (Å²) in [5.41, 5.74) is 4.58. The molecule has 0 unspecified atom stereocenters. The van der Waals surface area contributed by atoms with Crippen LogP contribution in [0.4, 0.5) is 0 Å². The smallest absolute Gasteiger partial charge is 0.254 e. The maximum atomic E-state index is 13.6. The number of aromatic nitrogens is 2. The first kappa shape index (κ1) is 20.8. The van der Waals surface area contributed by atoms with Gasteiger partial charge in [-0.15, -0.1) is 11.3 Å². The van der Waals surface area contributed by atoms with Gasteiger partial charge in [0.1, 0.15) is 0 Å². The molecule has 6 heteroatoms. The summed E-state index contributed by atoms with van der Waals surface area (Å²) in [6.45, 7) is 6.16. The van der Waals surface area contributed by atoms with Gasteiger partial charge in [-0.3, -0.25) is 9.69 Å². The molecule has 4 aromatic rings. The van der Waals surface area contributed by atoms with E-state index in [-0.39, 0.29) is 5.91 Å². The molecule has 0 aliphatic carbocycles. The fourth-order valence-electron chi connectivity index (χ4n) is 4.20. The standard InChI is InChI=1S/C26H26N4OS/c1-2-25-27-20(18-32-25)17-29-12-14-30(15-13-29)26(31)22-16-24(19-8-4-3-5-9-19)28-23-11-7-6-10-21(22)23/h3-11,16,18H,2,12-15,17H2,1H3. The minimum atomic E-state index is 0.0855. The normalized spacial score (nSPS) is 14.7. The third kappa shape index (κ3) is 4.29. The summed E-state index contributed by atoms with van der Waals surface area (Å²) in [6, 6.07) is 19.9. The minimum absolute atomic E-state index is 0.0855. The molecule has 1 saturated heterocycles. The van der Waals surface area contributed by atoms with Crippen LogP contribution in [0.3, 0.4) is 0 Å². The van der Waals surface area contributed by atoms with Crippen molar-refractivity contribution >= 4 is 28.1 Å². The average molecular weight is 443 g/mol. The molecule has 0 bridgehead atoms. The van der Waals surface area contributed by atoms with E-state index in [1.807, 2.05) is 65.6 Å². The van der Waals surface area contributed by atoms with Gasteiger partial charge in [-0.2, -0.15) is 0 Å². The minimum Gasteiger partial charge on any atom is -0.336 e. The summed E-state index contributed by atoms with van der Waals surface area (Å²) >= 11 is 1.73. The molecule has 1 fully saturated rings. The van der Waals surface area contributed by atoms with Gasteiger partial charge in [-0.25, -0.2) is 9.97 Å². The topological polar surface area (TPSA) is 49.3 Å². The monoisotopic (exact) mass is 442 g/mol. The van der Waals surface area contributed by atoms with Gasteiger partial charge in [0, 0.05) is 49.1 Å². The number of rotatable bonds is 5. The van der Waals surface area contributed by atoms with Crippen LogP contribution in [0, 0.1) is 0 Å². The number of amides is 1. The summed E-state index contributed by atoms with van der Waals surface area (Å²) in [5, 5.41) is 4.26. The molecule has 1 aliphatic rings. The van der Waals surface area contributed by atoms with Crippen molar-refractivity contribution in [2.24, 2.45) is 0 Å². The van der Waals surface area contributed by atoms with Gasteiger partial charge in [0.2, 0.25) is 0 Å². The number of hydrogen-bond acceptors (Lipinski definition) is 5. The van der Waals surface area contributed by atoms with Gasteiger partial charge in [-0.05, 0) is 18.6 Å². The molecule has 1 amide bonds.